The first-order valence-electron chi connectivity index (χ1n) is 6.74. The smallest absolute Gasteiger partial charge is 0.337 e. The van der Waals surface area contributed by atoms with Crippen molar-refractivity contribution >= 4 is 39.0 Å². The molecule has 0 atom stereocenters. The van der Waals surface area contributed by atoms with Gasteiger partial charge in [-0.2, -0.15) is 0 Å². The Kier molecular flexibility index (Phi) is 6.97. The first kappa shape index (κ1) is 18.3. The Labute approximate surface area is 135 Å². The van der Waals surface area contributed by atoms with Gasteiger partial charge >= 0.3 is 5.97 Å². The molecule has 0 aliphatic rings. The SMILES string of the molecule is CCCCCCCS(=O)(=O)c1cc(C(=O)O)c(Cl)cc1Cl. The third kappa shape index (κ3) is 5.16. The highest BCUT2D eigenvalue weighted by atomic mass is 35.5. The topological polar surface area (TPSA) is 71.4 Å². The van der Waals surface area contributed by atoms with Crippen LogP contribution in [0.15, 0.2) is 17.0 Å². The van der Waals surface area contributed by atoms with Gasteiger partial charge in [0.15, 0.2) is 9.84 Å². The van der Waals surface area contributed by atoms with Gasteiger partial charge in [-0.15, -0.1) is 0 Å². The molecule has 1 N–H and O–H groups in total. The summed E-state index contributed by atoms with van der Waals surface area (Å²) in [7, 11) is -3.60. The molecule has 0 bridgehead atoms. The maximum absolute atomic E-state index is 12.3. The van der Waals surface area contributed by atoms with Gasteiger partial charge in [0.25, 0.3) is 0 Å². The fourth-order valence-electron chi connectivity index (χ4n) is 1.94. The second-order valence-electron chi connectivity index (χ2n) is 4.80. The molecule has 0 aliphatic carbocycles. The van der Waals surface area contributed by atoms with Crippen LogP contribution in [-0.2, 0) is 9.84 Å². The molecule has 0 heterocycles. The number of aromatic carboxylic acids is 1. The Balaban J connectivity index is 2.92. The normalized spacial score (nSPS) is 11.6. The number of carboxylic acid groups (broad SMARTS) is 1. The zero-order valence-corrected chi connectivity index (χ0v) is 14.1. The Morgan fingerprint density at radius 2 is 1.71 bits per heavy atom. The van der Waals surface area contributed by atoms with E-state index in [1.165, 1.54) is 0 Å². The van der Waals surface area contributed by atoms with Crippen molar-refractivity contribution in [2.45, 2.75) is 43.9 Å². The minimum atomic E-state index is -3.60. The number of unbranched alkanes of at least 4 members (excludes halogenated alkanes) is 4. The summed E-state index contributed by atoms with van der Waals surface area (Å²) < 4.78 is 24.5. The summed E-state index contributed by atoms with van der Waals surface area (Å²) in [6.45, 7) is 2.08. The Morgan fingerprint density at radius 3 is 2.29 bits per heavy atom. The molecule has 0 aromatic heterocycles. The predicted octanol–water partition coefficient (Wildman–Crippen LogP) is 4.44. The van der Waals surface area contributed by atoms with Crippen LogP contribution in [0.2, 0.25) is 10.0 Å². The van der Waals surface area contributed by atoms with Gasteiger partial charge in [-0.05, 0) is 18.6 Å². The van der Waals surface area contributed by atoms with E-state index in [1.807, 2.05) is 0 Å². The molecule has 7 heteroatoms. The number of hydrogen-bond donors (Lipinski definition) is 1. The third-order valence-electron chi connectivity index (χ3n) is 3.10. The number of carboxylic acids is 1. The van der Waals surface area contributed by atoms with Gasteiger partial charge < -0.3 is 5.11 Å². The van der Waals surface area contributed by atoms with Crippen molar-refractivity contribution in [3.8, 4) is 0 Å². The van der Waals surface area contributed by atoms with E-state index in [1.54, 1.807) is 0 Å². The van der Waals surface area contributed by atoms with Gasteiger partial charge in [0.1, 0.15) is 0 Å². The van der Waals surface area contributed by atoms with Crippen molar-refractivity contribution in [2.24, 2.45) is 0 Å². The fraction of sp³-hybridized carbons (Fsp3) is 0.500. The second-order valence-corrected chi connectivity index (χ2v) is 7.69. The summed E-state index contributed by atoms with van der Waals surface area (Å²) in [5.74, 6) is -1.33. The zero-order valence-electron chi connectivity index (χ0n) is 11.7. The Bertz CT molecular complexity index is 612. The molecule has 0 fully saturated rings. The average Bonchev–Trinajstić information content (AvgIpc) is 2.37. The van der Waals surface area contributed by atoms with Gasteiger partial charge in [-0.3, -0.25) is 0 Å². The molecule has 0 unspecified atom stereocenters. The van der Waals surface area contributed by atoms with Crippen LogP contribution in [-0.4, -0.2) is 25.2 Å². The quantitative estimate of drug-likeness (QED) is 0.702. The summed E-state index contributed by atoms with van der Waals surface area (Å²) in [5, 5.41) is 8.88. The van der Waals surface area contributed by atoms with Crippen LogP contribution in [0.1, 0.15) is 49.4 Å². The molecule has 118 valence electrons. The number of sulfone groups is 1. The van der Waals surface area contributed by atoms with Crippen molar-refractivity contribution in [1.29, 1.82) is 0 Å². The first-order chi connectivity index (χ1) is 9.79. The maximum atomic E-state index is 12.3. The standard InChI is InChI=1S/C14H18Cl2O4S/c1-2-3-4-5-6-7-21(19,20)13-8-10(14(17)18)11(15)9-12(13)16/h8-9H,2-7H2,1H3,(H,17,18). The minimum absolute atomic E-state index is 0.0430. The largest absolute Gasteiger partial charge is 0.478 e. The van der Waals surface area contributed by atoms with Crippen molar-refractivity contribution in [3.05, 3.63) is 27.7 Å². The fourth-order valence-corrected chi connectivity index (χ4v) is 4.21. The predicted molar refractivity (Wildman–Crippen MR) is 84.2 cm³/mol. The molecule has 0 saturated heterocycles. The van der Waals surface area contributed by atoms with Crippen molar-refractivity contribution in [3.63, 3.8) is 0 Å². The summed E-state index contributed by atoms with van der Waals surface area (Å²) in [4.78, 5) is 10.9. The maximum Gasteiger partial charge on any atom is 0.337 e. The van der Waals surface area contributed by atoms with Crippen LogP contribution in [0.25, 0.3) is 0 Å². The lowest BCUT2D eigenvalue weighted by Crippen LogP contribution is -2.09. The van der Waals surface area contributed by atoms with E-state index in [-0.39, 0.29) is 26.3 Å². The molecule has 1 aromatic rings. The van der Waals surface area contributed by atoms with Crippen LogP contribution < -0.4 is 0 Å². The van der Waals surface area contributed by atoms with E-state index in [0.717, 1.165) is 37.8 Å². The molecule has 4 nitrogen and oxygen atoms in total. The lowest BCUT2D eigenvalue weighted by molar-refractivity contribution is 0.0697. The average molecular weight is 353 g/mol. The number of halogens is 2. The summed E-state index contributed by atoms with van der Waals surface area (Å²) >= 11 is 11.6. The van der Waals surface area contributed by atoms with E-state index in [0.29, 0.717) is 6.42 Å². The van der Waals surface area contributed by atoms with E-state index in [4.69, 9.17) is 28.3 Å². The van der Waals surface area contributed by atoms with Crippen molar-refractivity contribution in [2.75, 3.05) is 5.75 Å². The van der Waals surface area contributed by atoms with E-state index < -0.39 is 15.8 Å². The zero-order chi connectivity index (χ0) is 16.0. The molecule has 0 amide bonds. The van der Waals surface area contributed by atoms with Gasteiger partial charge in [0.2, 0.25) is 0 Å². The second kappa shape index (κ2) is 8.01. The van der Waals surface area contributed by atoms with Gasteiger partial charge in [0.05, 0.1) is 26.3 Å². The van der Waals surface area contributed by atoms with Crippen molar-refractivity contribution < 1.29 is 18.3 Å². The number of benzene rings is 1. The lowest BCUT2D eigenvalue weighted by atomic mass is 10.2. The Morgan fingerprint density at radius 1 is 1.10 bits per heavy atom. The van der Waals surface area contributed by atoms with Gasteiger partial charge in [0, 0.05) is 0 Å². The van der Waals surface area contributed by atoms with Crippen LogP contribution in [0.4, 0.5) is 0 Å². The first-order valence-corrected chi connectivity index (χ1v) is 9.15. The number of carbonyl (C=O) groups is 1. The van der Waals surface area contributed by atoms with Crippen LogP contribution >= 0.6 is 23.2 Å². The molecule has 0 saturated carbocycles. The summed E-state index contributed by atoms with van der Waals surface area (Å²) in [6, 6.07) is 2.20. The van der Waals surface area contributed by atoms with Crippen molar-refractivity contribution in [1.82, 2.24) is 0 Å². The number of rotatable bonds is 8. The highest BCUT2D eigenvalue weighted by molar-refractivity contribution is 7.91. The van der Waals surface area contributed by atoms with E-state index in [9.17, 15) is 13.2 Å². The van der Waals surface area contributed by atoms with E-state index in [2.05, 4.69) is 6.92 Å². The molecule has 21 heavy (non-hydrogen) atoms. The Hall–Kier alpha value is -0.780. The molecule has 1 aromatic carbocycles. The lowest BCUT2D eigenvalue weighted by Gasteiger charge is -2.09. The number of hydrogen-bond acceptors (Lipinski definition) is 3. The molecule has 1 rings (SSSR count). The van der Waals surface area contributed by atoms with Crippen LogP contribution in [0.5, 0.6) is 0 Å². The highest BCUT2D eigenvalue weighted by Gasteiger charge is 2.22. The summed E-state index contributed by atoms with van der Waals surface area (Å²) in [5.41, 5.74) is -0.259. The molecule has 0 aliphatic heterocycles. The molecule has 0 spiro atoms. The highest BCUT2D eigenvalue weighted by Crippen LogP contribution is 2.30. The van der Waals surface area contributed by atoms with Gasteiger partial charge in [-0.25, -0.2) is 13.2 Å². The van der Waals surface area contributed by atoms with Crippen LogP contribution in [0, 0.1) is 0 Å². The minimum Gasteiger partial charge on any atom is -0.478 e. The molecular formula is C14H18Cl2O4S. The molecule has 0 radical (unpaired) electrons. The summed E-state index contributed by atoms with van der Waals surface area (Å²) in [6.07, 6.45) is 4.50. The monoisotopic (exact) mass is 352 g/mol. The third-order valence-corrected chi connectivity index (χ3v) is 5.68. The van der Waals surface area contributed by atoms with Crippen LogP contribution in [0.3, 0.4) is 0 Å². The molecular weight excluding hydrogens is 335 g/mol. The van der Waals surface area contributed by atoms with E-state index >= 15 is 0 Å². The van der Waals surface area contributed by atoms with Gasteiger partial charge in [-0.1, -0.05) is 55.8 Å².